The van der Waals surface area contributed by atoms with Crippen molar-refractivity contribution in [1.29, 1.82) is 0 Å². The fourth-order valence-electron chi connectivity index (χ4n) is 4.13. The molecule has 0 aromatic heterocycles. The molecule has 14 nitrogen and oxygen atoms in total. The lowest BCUT2D eigenvalue weighted by molar-refractivity contribution is -0.147. The van der Waals surface area contributed by atoms with Gasteiger partial charge in [0.05, 0.1) is 7.11 Å². The molecule has 1 aromatic rings. The minimum Gasteiger partial charge on any atom is -0.480 e. The monoisotopic (exact) mass is 660 g/mol. The zero-order chi connectivity index (χ0) is 32.1. The van der Waals surface area contributed by atoms with E-state index in [2.05, 4.69) is 10.6 Å². The molecule has 1 fully saturated rings. The molecule has 7 N–H and O–H groups in total. The molecule has 0 bridgehead atoms. The molecule has 1 saturated heterocycles. The summed E-state index contributed by atoms with van der Waals surface area (Å²) in [4.78, 5) is 73.0. The molecule has 1 aliphatic rings. The van der Waals surface area contributed by atoms with Crippen molar-refractivity contribution in [3.8, 4) is 0 Å². The number of benzene rings is 1. The van der Waals surface area contributed by atoms with Gasteiger partial charge in [0.15, 0.2) is 0 Å². The quantitative estimate of drug-likeness (QED) is 0.0823. The normalized spacial score (nSPS) is 18.2. The maximum atomic E-state index is 12.8. The van der Waals surface area contributed by atoms with Crippen LogP contribution in [0.15, 0.2) is 35.9 Å². The summed E-state index contributed by atoms with van der Waals surface area (Å²) in [6.07, 6.45) is 1.04. The number of esters is 1. The lowest BCUT2D eigenvalue weighted by Crippen LogP contribution is -2.49. The average Bonchev–Trinajstić information content (AvgIpc) is 2.95. The fraction of sp³-hybridized carbons (Fsp3) is 0.462. The van der Waals surface area contributed by atoms with Gasteiger partial charge in [0, 0.05) is 41.6 Å². The highest BCUT2D eigenvalue weighted by atomic mass is 35.5. The third-order valence-electron chi connectivity index (χ3n) is 6.26. The van der Waals surface area contributed by atoms with Crippen molar-refractivity contribution in [3.05, 3.63) is 46.5 Å². The van der Waals surface area contributed by atoms with Crippen LogP contribution in [0.1, 0.15) is 30.9 Å². The highest BCUT2D eigenvalue weighted by Crippen LogP contribution is 2.39. The first-order valence-electron chi connectivity index (χ1n) is 12.9. The van der Waals surface area contributed by atoms with Crippen LogP contribution < -0.4 is 16.4 Å². The number of carbonyl (C=O) groups is 6. The number of carboxylic acid groups (broad SMARTS) is 3. The average molecular weight is 661 g/mol. The van der Waals surface area contributed by atoms with Gasteiger partial charge in [0.1, 0.15) is 24.7 Å². The van der Waals surface area contributed by atoms with Crippen LogP contribution in [0.25, 0.3) is 0 Å². The van der Waals surface area contributed by atoms with Gasteiger partial charge in [-0.1, -0.05) is 51.4 Å². The molecule has 4 atom stereocenters. The van der Waals surface area contributed by atoms with Crippen molar-refractivity contribution in [2.75, 3.05) is 32.5 Å². The first-order valence-corrected chi connectivity index (χ1v) is 15.6. The molecule has 0 radical (unpaired) electrons. The number of hydrogen-bond donors (Lipinski definition) is 6. The number of rotatable bonds is 16. The molecule has 2 rings (SSSR count). The number of methoxy groups -OCH3 is 1. The van der Waals surface area contributed by atoms with E-state index >= 15 is 0 Å². The van der Waals surface area contributed by atoms with E-state index in [4.69, 9.17) is 32.3 Å². The van der Waals surface area contributed by atoms with Crippen LogP contribution in [0.3, 0.4) is 0 Å². The smallest absolute Gasteiger partial charge is 0.328 e. The molecular weight excluding hydrogens is 628 g/mol. The van der Waals surface area contributed by atoms with Gasteiger partial charge < -0.3 is 36.4 Å². The second-order valence-electron chi connectivity index (χ2n) is 9.35. The summed E-state index contributed by atoms with van der Waals surface area (Å²) >= 11 is 6.36. The topological polar surface area (TPSA) is 226 Å². The van der Waals surface area contributed by atoms with Gasteiger partial charge in [0.2, 0.25) is 11.8 Å². The summed E-state index contributed by atoms with van der Waals surface area (Å²) in [6, 6.07) is 3.48. The van der Waals surface area contributed by atoms with E-state index in [0.717, 1.165) is 16.9 Å². The number of nitrogens with one attached hydrogen (secondary N) is 2. The predicted molar refractivity (Wildman–Crippen MR) is 159 cm³/mol. The van der Waals surface area contributed by atoms with Crippen molar-refractivity contribution in [2.24, 2.45) is 5.73 Å². The Hall–Kier alpha value is -3.31. The number of nitrogens with two attached hydrogens (primary N) is 1. The summed E-state index contributed by atoms with van der Waals surface area (Å²) in [7, 11) is 3.68. The molecule has 1 heterocycles. The first kappa shape index (κ1) is 35.9. The van der Waals surface area contributed by atoms with Crippen molar-refractivity contribution < 1.29 is 48.8 Å². The molecule has 0 aliphatic carbocycles. The number of likely N-dealkylation sites (tertiary alicyclic amines) is 1. The zero-order valence-electron chi connectivity index (χ0n) is 23.1. The highest BCUT2D eigenvalue weighted by molar-refractivity contribution is 8.77. The largest absolute Gasteiger partial charge is 0.480 e. The third kappa shape index (κ3) is 11.7. The van der Waals surface area contributed by atoms with Gasteiger partial charge >= 0.3 is 23.9 Å². The molecule has 1 aromatic carbocycles. The summed E-state index contributed by atoms with van der Waals surface area (Å²) in [6.45, 7) is -0.189. The maximum absolute atomic E-state index is 12.8. The number of ether oxygens (including phenoxy) is 1. The number of halogens is 1. The summed E-state index contributed by atoms with van der Waals surface area (Å²) in [5.41, 5.74) is 6.44. The van der Waals surface area contributed by atoms with E-state index in [0.29, 0.717) is 29.1 Å². The number of piperidine rings is 1. The number of amides is 2. The molecule has 2 amide bonds. The van der Waals surface area contributed by atoms with Crippen LogP contribution in [0.4, 0.5) is 0 Å². The van der Waals surface area contributed by atoms with Gasteiger partial charge in [-0.3, -0.25) is 24.1 Å². The van der Waals surface area contributed by atoms with Crippen molar-refractivity contribution in [2.45, 2.75) is 42.6 Å². The van der Waals surface area contributed by atoms with Crippen LogP contribution in [0.2, 0.25) is 5.02 Å². The van der Waals surface area contributed by atoms with Gasteiger partial charge in [-0.15, -0.1) is 0 Å². The number of aliphatic carboxylic acids is 3. The minimum absolute atomic E-state index is 0.0161. The zero-order valence-corrected chi connectivity index (χ0v) is 25.5. The van der Waals surface area contributed by atoms with Crippen LogP contribution in [0.5, 0.6) is 0 Å². The Labute approximate surface area is 260 Å². The predicted octanol–water partition coefficient (Wildman–Crippen LogP) is 0.899. The van der Waals surface area contributed by atoms with E-state index < -0.39 is 60.4 Å². The standard InChI is InChI=1S/C26H33ClN4O10S2/c1-41-26(40)23(15-4-2-3-5-16(15)27)31-9-8-19(14(12-31)10-21(33)34)43-42-13-18(24(37)29-11-22(35)36)30-20(32)7-6-17(28)25(38)39/h2-5,10,17-19,23H,6-9,11-13,28H2,1H3,(H,29,37)(H,30,32)(H,33,34)(H,35,36)(H,38,39)/b14-10-. The Bertz CT molecular complexity index is 1230. The van der Waals surface area contributed by atoms with Crippen molar-refractivity contribution >= 4 is 68.9 Å². The van der Waals surface area contributed by atoms with Crippen LogP contribution in [-0.4, -0.2) is 106 Å². The third-order valence-corrected chi connectivity index (χ3v) is 9.49. The SMILES string of the molecule is COC(=O)C(c1ccccc1Cl)N1CCC(SSCC(NC(=O)CCC(N)C(=O)O)C(=O)NCC(=O)O)/C(=C\C(=O)O)C1. The molecule has 4 unspecified atom stereocenters. The molecule has 43 heavy (non-hydrogen) atoms. The van der Waals surface area contributed by atoms with E-state index in [1.165, 1.54) is 17.9 Å². The molecule has 1 aliphatic heterocycles. The fourth-order valence-corrected chi connectivity index (χ4v) is 7.24. The Kier molecular flexibility index (Phi) is 14.8. The van der Waals surface area contributed by atoms with Gasteiger partial charge in [-0.2, -0.15) is 0 Å². The van der Waals surface area contributed by atoms with E-state index in [1.807, 2.05) is 0 Å². The lowest BCUT2D eigenvalue weighted by atomic mass is 9.98. The number of hydrogen-bond acceptors (Lipinski definition) is 11. The summed E-state index contributed by atoms with van der Waals surface area (Å²) in [5, 5.41) is 32.0. The van der Waals surface area contributed by atoms with E-state index in [1.54, 1.807) is 29.2 Å². The summed E-state index contributed by atoms with van der Waals surface area (Å²) < 4.78 is 5.01. The van der Waals surface area contributed by atoms with Gasteiger partial charge in [0.25, 0.3) is 0 Å². The molecule has 236 valence electrons. The second kappa shape index (κ2) is 17.7. The van der Waals surface area contributed by atoms with Crippen molar-refractivity contribution in [1.82, 2.24) is 15.5 Å². The van der Waals surface area contributed by atoms with Gasteiger partial charge in [-0.05, 0) is 30.0 Å². The number of nitrogens with zero attached hydrogens (tertiary/aromatic N) is 1. The number of carbonyl (C=O) groups excluding carboxylic acids is 3. The molecule has 0 spiro atoms. The second-order valence-corrected chi connectivity index (χ2v) is 12.4. The lowest BCUT2D eigenvalue weighted by Gasteiger charge is -2.37. The Balaban J connectivity index is 2.13. The van der Waals surface area contributed by atoms with Crippen LogP contribution >= 0.6 is 33.2 Å². The Morgan fingerprint density at radius 3 is 2.49 bits per heavy atom. The maximum Gasteiger partial charge on any atom is 0.328 e. The first-order chi connectivity index (χ1) is 20.3. The van der Waals surface area contributed by atoms with Gasteiger partial charge in [-0.25, -0.2) is 9.59 Å². The van der Waals surface area contributed by atoms with E-state index in [9.17, 15) is 33.9 Å². The van der Waals surface area contributed by atoms with Crippen LogP contribution in [0, 0.1) is 0 Å². The number of carboxylic acids is 3. The van der Waals surface area contributed by atoms with Crippen LogP contribution in [-0.2, 0) is 33.5 Å². The minimum atomic E-state index is -1.29. The molecule has 17 heteroatoms. The molecule has 0 saturated carbocycles. The Morgan fingerprint density at radius 2 is 1.88 bits per heavy atom. The highest BCUT2D eigenvalue weighted by Gasteiger charge is 2.36. The Morgan fingerprint density at radius 1 is 1.19 bits per heavy atom. The van der Waals surface area contributed by atoms with Crippen molar-refractivity contribution in [3.63, 3.8) is 0 Å². The summed E-state index contributed by atoms with van der Waals surface area (Å²) in [5.74, 6) is -5.73. The van der Waals surface area contributed by atoms with E-state index in [-0.39, 0.29) is 30.4 Å². The molecular formula is C26H33ClN4O10S2.